The second-order valence-corrected chi connectivity index (χ2v) is 8.88. The van der Waals surface area contributed by atoms with Crippen molar-refractivity contribution in [2.75, 3.05) is 30.8 Å². The molecule has 0 radical (unpaired) electrons. The minimum atomic E-state index is -3.16. The molecule has 3 heterocycles. The molecule has 6 nitrogen and oxygen atoms in total. The third-order valence-electron chi connectivity index (χ3n) is 5.00. The summed E-state index contributed by atoms with van der Waals surface area (Å²) in [7, 11) is -3.16. The topological polar surface area (TPSA) is 69.3 Å². The molecule has 1 aromatic heterocycles. The van der Waals surface area contributed by atoms with Crippen molar-refractivity contribution in [3.8, 4) is 0 Å². The molecule has 2 aromatic rings. The molecular weight excluding hydrogens is 336 g/mol. The molecule has 1 N–H and O–H groups in total. The fourth-order valence-electron chi connectivity index (χ4n) is 4.01. The number of sulfonamides is 1. The molecule has 23 heavy (non-hydrogen) atoms. The van der Waals surface area contributed by atoms with Crippen molar-refractivity contribution in [1.82, 2.24) is 14.5 Å². The summed E-state index contributed by atoms with van der Waals surface area (Å²) in [5.41, 5.74) is 1.94. The molecule has 0 spiro atoms. The maximum absolute atomic E-state index is 12.1. The Labute approximate surface area is 140 Å². The minimum absolute atomic E-state index is 0.0553. The normalized spacial score (nSPS) is 25.9. The average Bonchev–Trinajstić information content (AvgIpc) is 3.10. The Kier molecular flexibility index (Phi) is 3.55. The van der Waals surface area contributed by atoms with Gasteiger partial charge in [0.1, 0.15) is 0 Å². The van der Waals surface area contributed by atoms with Gasteiger partial charge in [0.05, 0.1) is 18.0 Å². The molecule has 2 unspecified atom stereocenters. The standard InChI is InChI=1S/C15H19ClN4O2S/c1-23(21,22)20-4-2-3-10-8-19(9-15(10)20)14-6-11(16)5-13-12(14)7-17-18-13/h5-7,10,15H,2-4,8-9H2,1H3,(H,17,18). The highest BCUT2D eigenvalue weighted by atomic mass is 35.5. The second-order valence-electron chi connectivity index (χ2n) is 6.50. The van der Waals surface area contributed by atoms with Crippen molar-refractivity contribution in [3.63, 3.8) is 0 Å². The predicted octanol–water partition coefficient (Wildman–Crippen LogP) is 2.08. The summed E-state index contributed by atoms with van der Waals surface area (Å²) in [5, 5.41) is 8.74. The first-order valence-electron chi connectivity index (χ1n) is 7.78. The number of nitrogens with zero attached hydrogens (tertiary/aromatic N) is 3. The van der Waals surface area contributed by atoms with Gasteiger partial charge in [0.15, 0.2) is 0 Å². The van der Waals surface area contributed by atoms with Crippen LogP contribution in [0.3, 0.4) is 0 Å². The second kappa shape index (κ2) is 5.36. The smallest absolute Gasteiger partial charge is 0.211 e. The Morgan fingerprint density at radius 2 is 2.17 bits per heavy atom. The van der Waals surface area contributed by atoms with Crippen molar-refractivity contribution in [3.05, 3.63) is 23.4 Å². The fourth-order valence-corrected chi connectivity index (χ4v) is 5.41. The predicted molar refractivity (Wildman–Crippen MR) is 91.4 cm³/mol. The third kappa shape index (κ3) is 2.60. The highest BCUT2D eigenvalue weighted by molar-refractivity contribution is 7.88. The number of rotatable bonds is 2. The van der Waals surface area contributed by atoms with Gasteiger partial charge in [0.25, 0.3) is 0 Å². The molecule has 0 bridgehead atoms. The number of anilines is 1. The van der Waals surface area contributed by atoms with Crippen molar-refractivity contribution in [2.45, 2.75) is 18.9 Å². The Morgan fingerprint density at radius 3 is 2.96 bits per heavy atom. The summed E-state index contributed by atoms with van der Waals surface area (Å²) < 4.78 is 25.8. The Hall–Kier alpha value is -1.31. The van der Waals surface area contributed by atoms with E-state index in [1.165, 1.54) is 6.26 Å². The average molecular weight is 355 g/mol. The molecule has 124 valence electrons. The largest absolute Gasteiger partial charge is 0.369 e. The molecule has 0 saturated carbocycles. The number of hydrogen-bond donors (Lipinski definition) is 1. The van der Waals surface area contributed by atoms with Crippen LogP contribution < -0.4 is 4.90 Å². The zero-order chi connectivity index (χ0) is 16.2. The first-order chi connectivity index (χ1) is 10.9. The van der Waals surface area contributed by atoms with Gasteiger partial charge >= 0.3 is 0 Å². The lowest BCUT2D eigenvalue weighted by Crippen LogP contribution is -2.47. The quantitative estimate of drug-likeness (QED) is 0.896. The van der Waals surface area contributed by atoms with Crippen molar-refractivity contribution < 1.29 is 8.42 Å². The van der Waals surface area contributed by atoms with Crippen LogP contribution in [0.1, 0.15) is 12.8 Å². The molecule has 8 heteroatoms. The number of aromatic nitrogens is 2. The van der Waals surface area contributed by atoms with E-state index < -0.39 is 10.0 Å². The van der Waals surface area contributed by atoms with Gasteiger partial charge in [-0.1, -0.05) is 11.6 Å². The SMILES string of the molecule is CS(=O)(=O)N1CCCC2CN(c3cc(Cl)cc4[nH]ncc34)CC21. The molecule has 2 atom stereocenters. The highest BCUT2D eigenvalue weighted by Gasteiger charge is 2.42. The van der Waals surface area contributed by atoms with Crippen LogP contribution in [0.25, 0.3) is 10.9 Å². The van der Waals surface area contributed by atoms with E-state index in [9.17, 15) is 8.42 Å². The number of H-pyrrole nitrogens is 1. The minimum Gasteiger partial charge on any atom is -0.369 e. The monoisotopic (exact) mass is 354 g/mol. The van der Waals surface area contributed by atoms with Crippen LogP contribution >= 0.6 is 11.6 Å². The number of piperidine rings is 1. The summed E-state index contributed by atoms with van der Waals surface area (Å²) in [5.74, 6) is 0.374. The van der Waals surface area contributed by atoms with Crippen LogP contribution in [-0.2, 0) is 10.0 Å². The molecule has 2 aliphatic rings. The summed E-state index contributed by atoms with van der Waals surface area (Å²) in [6, 6.07) is 3.86. The van der Waals surface area contributed by atoms with Crippen LogP contribution in [0, 0.1) is 5.92 Å². The Balaban J connectivity index is 1.70. The first-order valence-corrected chi connectivity index (χ1v) is 10.0. The van der Waals surface area contributed by atoms with E-state index in [2.05, 4.69) is 15.1 Å². The van der Waals surface area contributed by atoms with Gasteiger partial charge in [-0.3, -0.25) is 5.10 Å². The van der Waals surface area contributed by atoms with Crippen LogP contribution in [0.2, 0.25) is 5.02 Å². The molecule has 4 rings (SSSR count). The van der Waals surface area contributed by atoms with E-state index in [0.29, 0.717) is 24.0 Å². The summed E-state index contributed by atoms with van der Waals surface area (Å²) >= 11 is 6.23. The number of hydrogen-bond acceptors (Lipinski definition) is 4. The zero-order valence-corrected chi connectivity index (χ0v) is 14.4. The van der Waals surface area contributed by atoms with E-state index in [0.717, 1.165) is 36.0 Å². The van der Waals surface area contributed by atoms with Crippen molar-refractivity contribution >= 4 is 38.2 Å². The first kappa shape index (κ1) is 15.2. The molecular formula is C15H19ClN4O2S. The number of benzene rings is 1. The molecule has 2 saturated heterocycles. The van der Waals surface area contributed by atoms with Gasteiger partial charge in [-0.2, -0.15) is 9.40 Å². The maximum Gasteiger partial charge on any atom is 0.211 e. The Bertz CT molecular complexity index is 850. The maximum atomic E-state index is 12.1. The van der Waals surface area contributed by atoms with Crippen LogP contribution in [0.5, 0.6) is 0 Å². The van der Waals surface area contributed by atoms with Crippen molar-refractivity contribution in [2.24, 2.45) is 5.92 Å². The van der Waals surface area contributed by atoms with Crippen LogP contribution in [0.15, 0.2) is 18.3 Å². The molecule has 2 aliphatic heterocycles. The molecule has 2 fully saturated rings. The lowest BCUT2D eigenvalue weighted by Gasteiger charge is -2.34. The zero-order valence-electron chi connectivity index (χ0n) is 12.9. The van der Waals surface area contributed by atoms with Crippen LogP contribution in [-0.4, -0.2) is 54.9 Å². The summed E-state index contributed by atoms with van der Waals surface area (Å²) in [6.07, 6.45) is 5.12. The molecule has 0 amide bonds. The van der Waals surface area contributed by atoms with Gasteiger partial charge in [0, 0.05) is 41.8 Å². The van der Waals surface area contributed by atoms with E-state index in [1.807, 2.05) is 12.1 Å². The third-order valence-corrected chi connectivity index (χ3v) is 6.52. The van der Waals surface area contributed by atoms with Gasteiger partial charge in [0.2, 0.25) is 10.0 Å². The summed E-state index contributed by atoms with van der Waals surface area (Å²) in [6.45, 7) is 2.19. The summed E-state index contributed by atoms with van der Waals surface area (Å²) in [4.78, 5) is 2.25. The van der Waals surface area contributed by atoms with E-state index >= 15 is 0 Å². The molecule has 1 aromatic carbocycles. The number of halogens is 1. The van der Waals surface area contributed by atoms with Gasteiger partial charge in [-0.05, 0) is 30.9 Å². The lowest BCUT2D eigenvalue weighted by atomic mass is 9.94. The molecule has 0 aliphatic carbocycles. The lowest BCUT2D eigenvalue weighted by molar-refractivity contribution is 0.219. The van der Waals surface area contributed by atoms with Gasteiger partial charge in [-0.15, -0.1) is 0 Å². The van der Waals surface area contributed by atoms with E-state index in [4.69, 9.17) is 11.6 Å². The van der Waals surface area contributed by atoms with E-state index in [1.54, 1.807) is 10.5 Å². The van der Waals surface area contributed by atoms with E-state index in [-0.39, 0.29) is 6.04 Å². The Morgan fingerprint density at radius 1 is 1.35 bits per heavy atom. The number of aromatic amines is 1. The van der Waals surface area contributed by atoms with Crippen LogP contribution in [0.4, 0.5) is 5.69 Å². The number of nitrogens with one attached hydrogen (secondary N) is 1. The van der Waals surface area contributed by atoms with Crippen molar-refractivity contribution in [1.29, 1.82) is 0 Å². The van der Waals surface area contributed by atoms with Gasteiger partial charge in [-0.25, -0.2) is 8.42 Å². The highest BCUT2D eigenvalue weighted by Crippen LogP contribution is 2.38. The fraction of sp³-hybridized carbons (Fsp3) is 0.533. The van der Waals surface area contributed by atoms with Gasteiger partial charge < -0.3 is 4.90 Å². The number of fused-ring (bicyclic) bond motifs is 2.